The summed E-state index contributed by atoms with van der Waals surface area (Å²) in [6.45, 7) is 3.14. The normalized spacial score (nSPS) is 18.6. The Bertz CT molecular complexity index is 669. The minimum Gasteiger partial charge on any atom is -0.485 e. The molecule has 0 aromatic heterocycles. The Morgan fingerprint density at radius 1 is 1.09 bits per heavy atom. The van der Waals surface area contributed by atoms with Crippen LogP contribution >= 0.6 is 0 Å². The molecule has 0 radical (unpaired) electrons. The van der Waals surface area contributed by atoms with Gasteiger partial charge >= 0.3 is 0 Å². The van der Waals surface area contributed by atoms with E-state index in [1.165, 1.54) is 6.42 Å². The second-order valence-electron chi connectivity index (χ2n) is 5.87. The van der Waals surface area contributed by atoms with Gasteiger partial charge in [0.15, 0.2) is 11.5 Å². The number of rotatable bonds is 5. The maximum atomic E-state index is 6.11. The molecule has 23 heavy (non-hydrogen) atoms. The Morgan fingerprint density at radius 3 is 2.57 bits per heavy atom. The topological polar surface area (TPSA) is 82.5 Å². The number of nitrogens with two attached hydrogens (primary N) is 2. The summed E-state index contributed by atoms with van der Waals surface area (Å²) in [6.07, 6.45) is 2.42. The molecule has 1 aliphatic rings. The molecule has 2 unspecified atom stereocenters. The second kappa shape index (κ2) is 6.79. The standard InChI is InChI=1S/C18H23N3O2/c1-12(16-5-4-10-21-16)22-17-6-2-3-7-18(17)23-13-8-9-14(19)15(20)11-13/h2-3,6-9,11-12,16,21H,4-5,10,19-20H2,1H3. The smallest absolute Gasteiger partial charge is 0.169 e. The molecule has 0 bridgehead atoms. The van der Waals surface area contributed by atoms with Gasteiger partial charge in [0.1, 0.15) is 11.9 Å². The Balaban J connectivity index is 1.75. The number of anilines is 2. The summed E-state index contributed by atoms with van der Waals surface area (Å²) in [5.41, 5.74) is 12.6. The summed E-state index contributed by atoms with van der Waals surface area (Å²) < 4.78 is 12.0. The van der Waals surface area contributed by atoms with E-state index < -0.39 is 0 Å². The summed E-state index contributed by atoms with van der Waals surface area (Å²) in [5, 5.41) is 3.46. The molecule has 0 spiro atoms. The summed E-state index contributed by atoms with van der Waals surface area (Å²) in [6, 6.07) is 13.3. The van der Waals surface area contributed by atoms with Crippen molar-refractivity contribution in [2.45, 2.75) is 31.9 Å². The number of nitrogen functional groups attached to an aromatic ring is 2. The Morgan fingerprint density at radius 2 is 1.87 bits per heavy atom. The van der Waals surface area contributed by atoms with Crippen molar-refractivity contribution < 1.29 is 9.47 Å². The minimum atomic E-state index is 0.0822. The average molecular weight is 313 g/mol. The van der Waals surface area contributed by atoms with Gasteiger partial charge in [0.2, 0.25) is 0 Å². The van der Waals surface area contributed by atoms with E-state index >= 15 is 0 Å². The van der Waals surface area contributed by atoms with E-state index in [2.05, 4.69) is 12.2 Å². The molecule has 1 aliphatic heterocycles. The second-order valence-corrected chi connectivity index (χ2v) is 5.87. The van der Waals surface area contributed by atoms with Gasteiger partial charge in [0, 0.05) is 12.1 Å². The highest BCUT2D eigenvalue weighted by molar-refractivity contribution is 5.65. The molecule has 122 valence electrons. The number of nitrogens with one attached hydrogen (secondary N) is 1. The lowest BCUT2D eigenvalue weighted by molar-refractivity contribution is 0.174. The first-order valence-corrected chi connectivity index (χ1v) is 7.95. The Kier molecular flexibility index (Phi) is 4.57. The zero-order valence-corrected chi connectivity index (χ0v) is 13.3. The van der Waals surface area contributed by atoms with Crippen LogP contribution in [0.2, 0.25) is 0 Å². The molecule has 5 nitrogen and oxygen atoms in total. The van der Waals surface area contributed by atoms with Gasteiger partial charge in [-0.25, -0.2) is 0 Å². The first-order valence-electron chi connectivity index (χ1n) is 7.95. The van der Waals surface area contributed by atoms with Gasteiger partial charge in [0.25, 0.3) is 0 Å². The summed E-state index contributed by atoms with van der Waals surface area (Å²) in [4.78, 5) is 0. The number of ether oxygens (including phenoxy) is 2. The average Bonchev–Trinajstić information content (AvgIpc) is 3.07. The van der Waals surface area contributed by atoms with Crippen LogP contribution in [0.25, 0.3) is 0 Å². The lowest BCUT2D eigenvalue weighted by Gasteiger charge is -2.22. The van der Waals surface area contributed by atoms with Crippen LogP contribution < -0.4 is 26.3 Å². The first kappa shape index (κ1) is 15.5. The van der Waals surface area contributed by atoms with Crippen molar-refractivity contribution in [3.8, 4) is 17.2 Å². The Labute approximate surface area is 136 Å². The predicted octanol–water partition coefficient (Wildman–Crippen LogP) is 3.16. The lowest BCUT2D eigenvalue weighted by atomic mass is 10.1. The van der Waals surface area contributed by atoms with E-state index in [9.17, 15) is 0 Å². The molecule has 2 aromatic carbocycles. The van der Waals surface area contributed by atoms with Gasteiger partial charge in [-0.1, -0.05) is 12.1 Å². The number of hydrogen-bond donors (Lipinski definition) is 3. The molecule has 2 atom stereocenters. The van der Waals surface area contributed by atoms with Crippen molar-refractivity contribution in [1.82, 2.24) is 5.32 Å². The molecule has 3 rings (SSSR count). The SMILES string of the molecule is CC(Oc1ccccc1Oc1ccc(N)c(N)c1)C1CCCN1. The fourth-order valence-electron chi connectivity index (χ4n) is 2.77. The quantitative estimate of drug-likeness (QED) is 0.739. The van der Waals surface area contributed by atoms with Crippen molar-refractivity contribution in [2.24, 2.45) is 0 Å². The highest BCUT2D eigenvalue weighted by Gasteiger charge is 2.23. The largest absolute Gasteiger partial charge is 0.485 e. The molecule has 1 fully saturated rings. The van der Waals surface area contributed by atoms with Crippen LogP contribution in [0.1, 0.15) is 19.8 Å². The molecule has 5 heteroatoms. The van der Waals surface area contributed by atoms with E-state index in [1.54, 1.807) is 18.2 Å². The van der Waals surface area contributed by atoms with Crippen molar-refractivity contribution in [1.29, 1.82) is 0 Å². The number of benzene rings is 2. The highest BCUT2D eigenvalue weighted by Crippen LogP contribution is 2.34. The zero-order valence-electron chi connectivity index (χ0n) is 13.3. The molecule has 0 aliphatic carbocycles. The molecular weight excluding hydrogens is 290 g/mol. The number of para-hydroxylation sites is 2. The highest BCUT2D eigenvalue weighted by atomic mass is 16.5. The van der Waals surface area contributed by atoms with Crippen LogP contribution in [-0.4, -0.2) is 18.7 Å². The zero-order chi connectivity index (χ0) is 16.2. The maximum absolute atomic E-state index is 6.11. The van der Waals surface area contributed by atoms with Crippen LogP contribution in [0.3, 0.4) is 0 Å². The third-order valence-electron chi connectivity index (χ3n) is 4.11. The van der Waals surface area contributed by atoms with Gasteiger partial charge in [-0.05, 0) is 50.6 Å². The van der Waals surface area contributed by atoms with E-state index in [0.717, 1.165) is 18.7 Å². The van der Waals surface area contributed by atoms with Crippen LogP contribution in [0.5, 0.6) is 17.2 Å². The van der Waals surface area contributed by atoms with Gasteiger partial charge < -0.3 is 26.3 Å². The van der Waals surface area contributed by atoms with Gasteiger partial charge in [0.05, 0.1) is 11.4 Å². The van der Waals surface area contributed by atoms with Crippen molar-refractivity contribution in [3.63, 3.8) is 0 Å². The maximum Gasteiger partial charge on any atom is 0.169 e. The third-order valence-corrected chi connectivity index (χ3v) is 4.11. The molecule has 1 saturated heterocycles. The summed E-state index contributed by atoms with van der Waals surface area (Å²) in [7, 11) is 0. The van der Waals surface area contributed by atoms with Crippen molar-refractivity contribution in [3.05, 3.63) is 42.5 Å². The minimum absolute atomic E-state index is 0.0822. The molecule has 0 amide bonds. The molecule has 0 saturated carbocycles. The lowest BCUT2D eigenvalue weighted by Crippen LogP contribution is -2.36. The van der Waals surface area contributed by atoms with Gasteiger partial charge in [-0.15, -0.1) is 0 Å². The van der Waals surface area contributed by atoms with Crippen LogP contribution in [0.4, 0.5) is 11.4 Å². The van der Waals surface area contributed by atoms with E-state index in [1.807, 2.05) is 24.3 Å². The monoisotopic (exact) mass is 313 g/mol. The fourth-order valence-corrected chi connectivity index (χ4v) is 2.77. The van der Waals surface area contributed by atoms with E-state index in [0.29, 0.717) is 28.9 Å². The van der Waals surface area contributed by atoms with Crippen molar-refractivity contribution in [2.75, 3.05) is 18.0 Å². The fraction of sp³-hybridized carbons (Fsp3) is 0.333. The predicted molar refractivity (Wildman–Crippen MR) is 92.9 cm³/mol. The van der Waals surface area contributed by atoms with Crippen LogP contribution in [-0.2, 0) is 0 Å². The van der Waals surface area contributed by atoms with Crippen LogP contribution in [0, 0.1) is 0 Å². The molecule has 5 N–H and O–H groups in total. The Hall–Kier alpha value is -2.40. The first-order chi connectivity index (χ1) is 11.1. The summed E-state index contributed by atoms with van der Waals surface area (Å²) >= 11 is 0. The molecule has 2 aromatic rings. The number of hydrogen-bond acceptors (Lipinski definition) is 5. The van der Waals surface area contributed by atoms with Gasteiger partial charge in [-0.3, -0.25) is 0 Å². The van der Waals surface area contributed by atoms with E-state index in [4.69, 9.17) is 20.9 Å². The molecular formula is C18H23N3O2. The third kappa shape index (κ3) is 3.68. The molecule has 1 heterocycles. The van der Waals surface area contributed by atoms with Gasteiger partial charge in [-0.2, -0.15) is 0 Å². The van der Waals surface area contributed by atoms with E-state index in [-0.39, 0.29) is 6.10 Å². The van der Waals surface area contributed by atoms with Crippen molar-refractivity contribution >= 4 is 11.4 Å². The summed E-state index contributed by atoms with van der Waals surface area (Å²) in [5.74, 6) is 2.03. The van der Waals surface area contributed by atoms with Crippen LogP contribution in [0.15, 0.2) is 42.5 Å².